The van der Waals surface area contributed by atoms with Crippen molar-refractivity contribution < 1.29 is 79.5 Å². The van der Waals surface area contributed by atoms with Crippen molar-refractivity contribution in [2.24, 2.45) is 0 Å². The Bertz CT molecular complexity index is 652. The Kier molecular flexibility index (Phi) is 10.1. The minimum Gasteiger partial charge on any atom is -0.394 e. The summed E-state index contributed by atoms with van der Waals surface area (Å²) in [7, 11) is 1.19. The van der Waals surface area contributed by atoms with Gasteiger partial charge in [-0.15, -0.1) is 0 Å². The van der Waals surface area contributed by atoms with E-state index in [9.17, 15) is 51.1 Å². The summed E-state index contributed by atoms with van der Waals surface area (Å²) in [6.45, 7) is -1.93. The number of hydrogen-bond acceptors (Lipinski definition) is 16. The number of aliphatic hydroxyl groups excluding tert-OH is 10. The van der Waals surface area contributed by atoms with E-state index in [0.29, 0.717) is 0 Å². The molecule has 35 heavy (non-hydrogen) atoms. The molecule has 3 aliphatic rings. The van der Waals surface area contributed by atoms with E-state index >= 15 is 0 Å². The van der Waals surface area contributed by atoms with Crippen LogP contribution in [-0.4, -0.2) is 170 Å². The molecule has 16 nitrogen and oxygen atoms in total. The molecule has 3 rings (SSSR count). The summed E-state index contributed by atoms with van der Waals surface area (Å²) < 4.78 is 31.9. The molecule has 206 valence electrons. The van der Waals surface area contributed by atoms with Gasteiger partial charge >= 0.3 is 0 Å². The summed E-state index contributed by atoms with van der Waals surface area (Å²) in [5.74, 6) is 0. The van der Waals surface area contributed by atoms with E-state index in [0.717, 1.165) is 0 Å². The first kappa shape index (κ1) is 28.9. The van der Waals surface area contributed by atoms with Gasteiger partial charge in [0, 0.05) is 7.11 Å². The molecule has 16 heteroatoms. The van der Waals surface area contributed by atoms with E-state index in [1.165, 1.54) is 7.11 Å². The van der Waals surface area contributed by atoms with Crippen molar-refractivity contribution in [3.05, 3.63) is 0 Å². The third-order valence-corrected chi connectivity index (χ3v) is 6.29. The van der Waals surface area contributed by atoms with Crippen molar-refractivity contribution in [1.29, 1.82) is 0 Å². The smallest absolute Gasteiger partial charge is 0.187 e. The number of hydrogen-bond donors (Lipinski definition) is 10. The van der Waals surface area contributed by atoms with Gasteiger partial charge in [0.1, 0.15) is 73.2 Å². The lowest BCUT2D eigenvalue weighted by molar-refractivity contribution is -0.364. The van der Waals surface area contributed by atoms with Gasteiger partial charge in [-0.25, -0.2) is 0 Å². The summed E-state index contributed by atoms with van der Waals surface area (Å²) in [5.41, 5.74) is 0. The molecule has 0 bridgehead atoms. The van der Waals surface area contributed by atoms with Gasteiger partial charge < -0.3 is 79.5 Å². The van der Waals surface area contributed by atoms with Gasteiger partial charge in [0.05, 0.1) is 19.8 Å². The first-order chi connectivity index (χ1) is 16.5. The summed E-state index contributed by atoms with van der Waals surface area (Å²) in [5, 5.41) is 99.9. The molecule has 3 saturated heterocycles. The predicted octanol–water partition coefficient (Wildman–Crippen LogP) is -6.92. The van der Waals surface area contributed by atoms with Gasteiger partial charge in [-0.2, -0.15) is 0 Å². The van der Waals surface area contributed by atoms with Crippen LogP contribution >= 0.6 is 0 Å². The van der Waals surface area contributed by atoms with Gasteiger partial charge in [-0.3, -0.25) is 0 Å². The SMILES string of the molecule is CO[C@H]1O[C@H](CO[C@H]2O[C@H](CO)[C@@H](O)[C@H](O)[C@@H]2O)[C@@H](O)[C@H](O[C@@H]2O[C@@H](CO)[C@H](O)[C@@H](O)[C@H]2O)[C@@H]1O. The van der Waals surface area contributed by atoms with E-state index in [2.05, 4.69) is 0 Å². The van der Waals surface area contributed by atoms with Gasteiger partial charge in [0.25, 0.3) is 0 Å². The molecule has 3 fully saturated rings. The summed E-state index contributed by atoms with van der Waals surface area (Å²) in [6.07, 6.45) is -23.5. The maximum absolute atomic E-state index is 10.8. The highest BCUT2D eigenvalue weighted by Crippen LogP contribution is 2.30. The normalized spacial score (nSPS) is 51.3. The molecule has 15 atom stereocenters. The minimum absolute atomic E-state index is 0.523. The zero-order valence-corrected chi connectivity index (χ0v) is 18.7. The molecule has 0 saturated carbocycles. The molecule has 0 spiro atoms. The maximum atomic E-state index is 10.8. The van der Waals surface area contributed by atoms with Crippen molar-refractivity contribution in [2.45, 2.75) is 92.1 Å². The third kappa shape index (κ3) is 5.93. The van der Waals surface area contributed by atoms with Crippen LogP contribution < -0.4 is 0 Å². The van der Waals surface area contributed by atoms with Crippen molar-refractivity contribution in [3.63, 3.8) is 0 Å². The maximum Gasteiger partial charge on any atom is 0.187 e. The van der Waals surface area contributed by atoms with Crippen LogP contribution in [0.25, 0.3) is 0 Å². The molecule has 0 aromatic heterocycles. The van der Waals surface area contributed by atoms with Crippen molar-refractivity contribution in [1.82, 2.24) is 0 Å². The average molecular weight is 518 g/mol. The van der Waals surface area contributed by atoms with E-state index in [1.807, 2.05) is 0 Å². The fraction of sp³-hybridized carbons (Fsp3) is 1.00. The van der Waals surface area contributed by atoms with Crippen LogP contribution in [0.4, 0.5) is 0 Å². The lowest BCUT2D eigenvalue weighted by Crippen LogP contribution is -2.65. The highest BCUT2D eigenvalue weighted by molar-refractivity contribution is 4.95. The second-order valence-electron chi connectivity index (χ2n) is 8.59. The highest BCUT2D eigenvalue weighted by atomic mass is 16.7. The van der Waals surface area contributed by atoms with Gasteiger partial charge in [0.2, 0.25) is 0 Å². The van der Waals surface area contributed by atoms with E-state index in [4.69, 9.17) is 28.4 Å². The second kappa shape index (κ2) is 12.3. The molecule has 0 radical (unpaired) electrons. The monoisotopic (exact) mass is 518 g/mol. The summed E-state index contributed by atoms with van der Waals surface area (Å²) in [4.78, 5) is 0. The molecule has 0 aromatic rings. The van der Waals surface area contributed by atoms with Crippen molar-refractivity contribution >= 4 is 0 Å². The molecule has 0 aromatic carbocycles. The second-order valence-corrected chi connectivity index (χ2v) is 8.59. The lowest BCUT2D eigenvalue weighted by Gasteiger charge is -2.46. The first-order valence-electron chi connectivity index (χ1n) is 11.0. The van der Waals surface area contributed by atoms with E-state index < -0.39 is 112 Å². The Balaban J connectivity index is 1.69. The largest absolute Gasteiger partial charge is 0.394 e. The zero-order chi connectivity index (χ0) is 26.0. The summed E-state index contributed by atoms with van der Waals surface area (Å²) >= 11 is 0. The topological polar surface area (TPSA) is 258 Å². The molecule has 10 N–H and O–H groups in total. The molecular weight excluding hydrogens is 484 g/mol. The summed E-state index contributed by atoms with van der Waals surface area (Å²) in [6, 6.07) is 0. The number of aliphatic hydroxyl groups is 10. The van der Waals surface area contributed by atoms with Gasteiger partial charge in [-0.05, 0) is 0 Å². The number of ether oxygens (including phenoxy) is 6. The molecular formula is C19H34O16. The Morgan fingerprint density at radius 3 is 1.54 bits per heavy atom. The van der Waals surface area contributed by atoms with E-state index in [1.54, 1.807) is 0 Å². The van der Waals surface area contributed by atoms with Crippen LogP contribution in [0.1, 0.15) is 0 Å². The van der Waals surface area contributed by atoms with Crippen LogP contribution in [0.5, 0.6) is 0 Å². The van der Waals surface area contributed by atoms with E-state index in [-0.39, 0.29) is 0 Å². The van der Waals surface area contributed by atoms with Crippen LogP contribution in [0.2, 0.25) is 0 Å². The fourth-order valence-corrected chi connectivity index (χ4v) is 4.13. The molecule has 3 heterocycles. The Morgan fingerprint density at radius 1 is 0.543 bits per heavy atom. The Hall–Kier alpha value is -0.640. The predicted molar refractivity (Wildman–Crippen MR) is 106 cm³/mol. The Morgan fingerprint density at radius 2 is 1.03 bits per heavy atom. The highest BCUT2D eigenvalue weighted by Gasteiger charge is 2.51. The lowest BCUT2D eigenvalue weighted by atomic mass is 9.97. The number of rotatable bonds is 8. The van der Waals surface area contributed by atoms with Crippen molar-refractivity contribution in [3.8, 4) is 0 Å². The van der Waals surface area contributed by atoms with Crippen LogP contribution in [-0.2, 0) is 28.4 Å². The first-order valence-corrected chi connectivity index (χ1v) is 11.0. The molecule has 0 amide bonds. The molecule has 0 aliphatic carbocycles. The third-order valence-electron chi connectivity index (χ3n) is 6.29. The average Bonchev–Trinajstić information content (AvgIpc) is 2.85. The van der Waals surface area contributed by atoms with Crippen LogP contribution in [0, 0.1) is 0 Å². The van der Waals surface area contributed by atoms with Gasteiger partial charge in [-0.1, -0.05) is 0 Å². The Labute approximate surface area is 199 Å². The molecule has 0 unspecified atom stereocenters. The van der Waals surface area contributed by atoms with Crippen molar-refractivity contribution in [2.75, 3.05) is 26.9 Å². The minimum atomic E-state index is -1.81. The number of methoxy groups -OCH3 is 1. The standard InChI is InChI=1S/C19H34O16/c1-30-17-15(29)16(35-19-14(28)12(26)9(23)6(3-21)33-19)10(24)7(34-17)4-31-18-13(27)11(25)8(22)5(2-20)32-18/h5-29H,2-4H2,1H3/t5-,6+,7-,8-,9+,10-,11+,12-,13+,14-,15+,16+,17+,18+,19+/m1/s1. The zero-order valence-electron chi connectivity index (χ0n) is 18.7. The molecule has 3 aliphatic heterocycles. The van der Waals surface area contributed by atoms with Crippen LogP contribution in [0.3, 0.4) is 0 Å². The van der Waals surface area contributed by atoms with Crippen LogP contribution in [0.15, 0.2) is 0 Å². The quantitative estimate of drug-likeness (QED) is 0.143. The van der Waals surface area contributed by atoms with Gasteiger partial charge in [0.15, 0.2) is 18.9 Å². The fourth-order valence-electron chi connectivity index (χ4n) is 4.13.